The average Bonchev–Trinajstić information content (AvgIpc) is 2.99. The Balaban J connectivity index is 1.29. The maximum absolute atomic E-state index is 13.1. The number of hydrogen-bond acceptors (Lipinski definition) is 11. The van der Waals surface area contributed by atoms with Crippen molar-refractivity contribution >= 4 is 17.6 Å². The van der Waals surface area contributed by atoms with Crippen molar-refractivity contribution in [3.8, 4) is 23.0 Å². The van der Waals surface area contributed by atoms with Gasteiger partial charge >= 0.3 is 0 Å². The zero-order valence-corrected chi connectivity index (χ0v) is 24.5. The number of hydrogen-bond donors (Lipinski definition) is 2. The van der Waals surface area contributed by atoms with Gasteiger partial charge in [-0.15, -0.1) is 0 Å². The molecule has 5 heterocycles. The van der Waals surface area contributed by atoms with Crippen LogP contribution in [0.1, 0.15) is 49.7 Å². The summed E-state index contributed by atoms with van der Waals surface area (Å²) in [5.74, 6) is 2.38. The summed E-state index contributed by atoms with van der Waals surface area (Å²) in [4.78, 5) is 55.8. The maximum atomic E-state index is 13.1. The van der Waals surface area contributed by atoms with Crippen LogP contribution in [0.25, 0.3) is 0 Å². The molecule has 0 saturated carbocycles. The summed E-state index contributed by atoms with van der Waals surface area (Å²) in [6, 6.07) is 11.8. The molecule has 2 amide bonds. The summed E-state index contributed by atoms with van der Waals surface area (Å²) in [5.41, 5.74) is 2.17. The molecule has 13 nitrogen and oxygen atoms in total. The van der Waals surface area contributed by atoms with Crippen molar-refractivity contribution in [2.45, 2.75) is 34.1 Å². The van der Waals surface area contributed by atoms with E-state index in [1.807, 2.05) is 13.0 Å². The Morgan fingerprint density at radius 1 is 0.659 bits per heavy atom. The van der Waals surface area contributed by atoms with E-state index in [2.05, 4.69) is 45.5 Å². The summed E-state index contributed by atoms with van der Waals surface area (Å²) in [7, 11) is 0. The predicted octanol–water partition coefficient (Wildman–Crippen LogP) is 4.49. The Kier molecular flexibility index (Phi) is 9.04. The summed E-state index contributed by atoms with van der Waals surface area (Å²) < 4.78 is 11.7. The number of nitrogens with zero attached hydrogens (tertiary/aromatic N) is 7. The molecule has 0 unspecified atom stereocenters. The van der Waals surface area contributed by atoms with Crippen LogP contribution in [0.5, 0.6) is 23.0 Å². The number of pyridine rings is 3. The SMILES string of the molecule is Cc1cccc(NC(=O)c2cc(Oc3cnc(C)nc3)cc(CCNC(=O)c3cc(Oc4cnc(C)nc4)cc(C)n3)n2)n1. The van der Waals surface area contributed by atoms with Crippen molar-refractivity contribution in [1.82, 2.24) is 40.2 Å². The van der Waals surface area contributed by atoms with Crippen LogP contribution in [0.2, 0.25) is 0 Å². The highest BCUT2D eigenvalue weighted by Crippen LogP contribution is 2.23. The molecule has 0 atom stereocenters. The Bertz CT molecular complexity index is 1800. The largest absolute Gasteiger partial charge is 0.454 e. The predicted molar refractivity (Wildman–Crippen MR) is 160 cm³/mol. The minimum Gasteiger partial charge on any atom is -0.454 e. The van der Waals surface area contributed by atoms with Gasteiger partial charge in [0.1, 0.15) is 40.4 Å². The van der Waals surface area contributed by atoms with Crippen LogP contribution in [0.15, 0.2) is 67.3 Å². The molecule has 0 fully saturated rings. The van der Waals surface area contributed by atoms with Gasteiger partial charge in [-0.05, 0) is 39.8 Å². The number of aromatic nitrogens is 7. The fraction of sp³-hybridized carbons (Fsp3) is 0.194. The van der Waals surface area contributed by atoms with Crippen LogP contribution >= 0.6 is 0 Å². The number of ether oxygens (including phenoxy) is 2. The van der Waals surface area contributed by atoms with Crippen molar-refractivity contribution in [3.05, 3.63) is 107 Å². The molecule has 5 rings (SSSR count). The monoisotopic (exact) mass is 591 g/mol. The van der Waals surface area contributed by atoms with E-state index < -0.39 is 11.8 Å². The number of carbonyl (C=O) groups excluding carboxylic acids is 2. The molecule has 0 aliphatic carbocycles. The van der Waals surface area contributed by atoms with Crippen LogP contribution in [0.3, 0.4) is 0 Å². The van der Waals surface area contributed by atoms with Crippen LogP contribution in [0, 0.1) is 27.7 Å². The molecule has 0 aromatic carbocycles. The number of aryl methyl sites for hydroxylation is 4. The molecule has 44 heavy (non-hydrogen) atoms. The molecule has 2 N–H and O–H groups in total. The molecule has 222 valence electrons. The fourth-order valence-electron chi connectivity index (χ4n) is 4.00. The first-order valence-electron chi connectivity index (χ1n) is 13.7. The first-order valence-corrected chi connectivity index (χ1v) is 13.7. The first-order chi connectivity index (χ1) is 21.2. The van der Waals surface area contributed by atoms with E-state index >= 15 is 0 Å². The molecule has 0 radical (unpaired) electrons. The van der Waals surface area contributed by atoms with Crippen molar-refractivity contribution < 1.29 is 19.1 Å². The Morgan fingerprint density at radius 2 is 1.25 bits per heavy atom. The van der Waals surface area contributed by atoms with E-state index in [1.165, 1.54) is 18.5 Å². The Morgan fingerprint density at radius 3 is 1.86 bits per heavy atom. The van der Waals surface area contributed by atoms with Gasteiger partial charge in [-0.25, -0.2) is 34.9 Å². The highest BCUT2D eigenvalue weighted by Gasteiger charge is 2.15. The molecular weight excluding hydrogens is 562 g/mol. The third-order valence-electron chi connectivity index (χ3n) is 6.03. The standard InChI is InChI=1S/C31H29N9O4/c1-18-6-5-7-29(38-18)40-31(42)28-13-24(44-26-16-35-21(4)36-17-26)11-22(39-28)8-9-32-30(41)27-12-23(10-19(2)37-27)43-25-14-33-20(3)34-15-25/h5-7,10-17H,8-9H2,1-4H3,(H,32,41)(H,38,40,42). The lowest BCUT2D eigenvalue weighted by molar-refractivity contribution is 0.0947. The van der Waals surface area contributed by atoms with E-state index in [9.17, 15) is 9.59 Å². The van der Waals surface area contributed by atoms with Crippen molar-refractivity contribution in [1.29, 1.82) is 0 Å². The lowest BCUT2D eigenvalue weighted by Crippen LogP contribution is -2.27. The summed E-state index contributed by atoms with van der Waals surface area (Å²) in [6.07, 6.45) is 6.49. The third-order valence-corrected chi connectivity index (χ3v) is 6.03. The normalized spacial score (nSPS) is 10.6. The van der Waals surface area contributed by atoms with Gasteiger partial charge in [0.05, 0.1) is 24.8 Å². The molecule has 0 bridgehead atoms. The quantitative estimate of drug-likeness (QED) is 0.235. The minimum atomic E-state index is -0.463. The number of amides is 2. The van der Waals surface area contributed by atoms with Crippen molar-refractivity contribution in [2.75, 3.05) is 11.9 Å². The van der Waals surface area contributed by atoms with Crippen LogP contribution in [-0.2, 0) is 6.42 Å². The van der Waals surface area contributed by atoms with Crippen LogP contribution in [0.4, 0.5) is 5.82 Å². The number of nitrogens with one attached hydrogen (secondary N) is 2. The average molecular weight is 592 g/mol. The summed E-state index contributed by atoms with van der Waals surface area (Å²) >= 11 is 0. The molecular formula is C31H29N9O4. The lowest BCUT2D eigenvalue weighted by atomic mass is 10.2. The number of rotatable bonds is 10. The van der Waals surface area contributed by atoms with Gasteiger partial charge in [0.25, 0.3) is 11.8 Å². The number of anilines is 1. The molecule has 0 aliphatic rings. The molecule has 0 aliphatic heterocycles. The minimum absolute atomic E-state index is 0.113. The summed E-state index contributed by atoms with van der Waals surface area (Å²) in [6.45, 7) is 7.35. The molecule has 5 aromatic heterocycles. The molecule has 0 spiro atoms. The fourth-order valence-corrected chi connectivity index (χ4v) is 4.00. The van der Waals surface area contributed by atoms with Gasteiger partial charge in [0.2, 0.25) is 0 Å². The molecule has 0 saturated heterocycles. The van der Waals surface area contributed by atoms with Crippen LogP contribution < -0.4 is 20.1 Å². The van der Waals surface area contributed by atoms with Gasteiger partial charge in [0, 0.05) is 54.3 Å². The number of carbonyl (C=O) groups is 2. The van der Waals surface area contributed by atoms with Gasteiger partial charge < -0.3 is 20.1 Å². The van der Waals surface area contributed by atoms with Gasteiger partial charge in [-0.2, -0.15) is 0 Å². The van der Waals surface area contributed by atoms with Gasteiger partial charge in [-0.3, -0.25) is 9.59 Å². The topological polar surface area (TPSA) is 167 Å². The Hall–Kier alpha value is -5.85. The van der Waals surface area contributed by atoms with Crippen molar-refractivity contribution in [3.63, 3.8) is 0 Å². The molecule has 5 aromatic rings. The third kappa shape index (κ3) is 8.12. The van der Waals surface area contributed by atoms with E-state index in [0.717, 1.165) is 5.69 Å². The van der Waals surface area contributed by atoms with E-state index in [-0.39, 0.29) is 17.9 Å². The lowest BCUT2D eigenvalue weighted by Gasteiger charge is -2.12. The van der Waals surface area contributed by atoms with Gasteiger partial charge in [-0.1, -0.05) is 6.07 Å². The second-order valence-electron chi connectivity index (χ2n) is 9.77. The Labute approximate surface area is 253 Å². The van der Waals surface area contributed by atoms with Gasteiger partial charge in [0.15, 0.2) is 11.5 Å². The van der Waals surface area contributed by atoms with Crippen molar-refractivity contribution in [2.24, 2.45) is 0 Å². The highest BCUT2D eigenvalue weighted by atomic mass is 16.5. The second kappa shape index (κ2) is 13.4. The van der Waals surface area contributed by atoms with E-state index in [0.29, 0.717) is 58.3 Å². The van der Waals surface area contributed by atoms with E-state index in [4.69, 9.17) is 9.47 Å². The maximum Gasteiger partial charge on any atom is 0.275 e. The second-order valence-corrected chi connectivity index (χ2v) is 9.77. The first kappa shape index (κ1) is 29.6. The van der Waals surface area contributed by atoms with Crippen LogP contribution in [-0.4, -0.2) is 53.2 Å². The summed E-state index contributed by atoms with van der Waals surface area (Å²) in [5, 5.41) is 5.61. The van der Waals surface area contributed by atoms with E-state index in [1.54, 1.807) is 63.5 Å². The molecule has 13 heteroatoms. The zero-order valence-electron chi connectivity index (χ0n) is 24.5. The highest BCUT2D eigenvalue weighted by molar-refractivity contribution is 6.02. The zero-order chi connectivity index (χ0) is 31.1. The smallest absolute Gasteiger partial charge is 0.275 e.